The number of anilines is 1. The van der Waals surface area contributed by atoms with E-state index in [1.54, 1.807) is 10.7 Å². The molecular weight excluding hydrogens is 460 g/mol. The second-order valence-electron chi connectivity index (χ2n) is 8.95. The maximum Gasteiger partial charge on any atom is 0.411 e. The Morgan fingerprint density at radius 1 is 1.06 bits per heavy atom. The Morgan fingerprint density at radius 2 is 1.83 bits per heavy atom. The zero-order chi connectivity index (χ0) is 24.4. The van der Waals surface area contributed by atoms with Gasteiger partial charge in [-0.3, -0.25) is 10.00 Å². The van der Waals surface area contributed by atoms with Crippen molar-refractivity contribution in [2.24, 2.45) is 12.8 Å². The summed E-state index contributed by atoms with van der Waals surface area (Å²) in [6.45, 7) is 0.683. The third-order valence-corrected chi connectivity index (χ3v) is 6.50. The zero-order valence-electron chi connectivity index (χ0n) is 19.4. The van der Waals surface area contributed by atoms with E-state index in [0.717, 1.165) is 34.4 Å². The summed E-state index contributed by atoms with van der Waals surface area (Å²) in [5.74, 6) is 0.680. The Balaban J connectivity index is 1.30. The molecule has 35 heavy (non-hydrogen) atoms. The molecule has 3 aromatic carbocycles. The first-order chi connectivity index (χ1) is 17.0. The van der Waals surface area contributed by atoms with Crippen molar-refractivity contribution in [1.82, 2.24) is 9.78 Å². The second-order valence-corrected chi connectivity index (χ2v) is 9.39. The topological polar surface area (TPSA) is 82.2 Å². The maximum atomic E-state index is 12.3. The fourth-order valence-corrected chi connectivity index (χ4v) is 4.72. The fourth-order valence-electron chi connectivity index (χ4n) is 4.47. The molecule has 1 aliphatic rings. The average molecular weight is 487 g/mol. The minimum atomic E-state index is -0.509. The van der Waals surface area contributed by atoms with Crippen LogP contribution in [0.5, 0.6) is 0 Å². The predicted octanol–water partition coefficient (Wildman–Crippen LogP) is 6.22. The van der Waals surface area contributed by atoms with E-state index in [2.05, 4.69) is 28.6 Å². The van der Waals surface area contributed by atoms with Crippen molar-refractivity contribution in [3.8, 4) is 11.3 Å². The average Bonchev–Trinajstić information content (AvgIpc) is 3.55. The second kappa shape index (κ2) is 9.94. The van der Waals surface area contributed by atoms with Crippen LogP contribution in [0.1, 0.15) is 40.5 Å². The number of amides is 1. The van der Waals surface area contributed by atoms with E-state index in [0.29, 0.717) is 29.1 Å². The highest BCUT2D eigenvalue weighted by Gasteiger charge is 2.40. The first-order valence-electron chi connectivity index (χ1n) is 11.6. The molecule has 5 rings (SSSR count). The van der Waals surface area contributed by atoms with Crippen LogP contribution in [0.3, 0.4) is 0 Å². The fraction of sp³-hybridized carbons (Fsp3) is 0.214. The lowest BCUT2D eigenvalue weighted by Gasteiger charge is -2.11. The lowest BCUT2D eigenvalue weighted by atomic mass is 9.98. The normalized spacial score (nSPS) is 16.7. The van der Waals surface area contributed by atoms with Crippen LogP contribution in [-0.2, 0) is 24.9 Å². The molecule has 6 nitrogen and oxygen atoms in total. The lowest BCUT2D eigenvalue weighted by molar-refractivity contribution is 0.155. The van der Waals surface area contributed by atoms with E-state index in [-0.39, 0.29) is 6.61 Å². The monoisotopic (exact) mass is 486 g/mol. The molecule has 3 N–H and O–H groups in total. The molecule has 0 spiro atoms. The van der Waals surface area contributed by atoms with Crippen molar-refractivity contribution in [2.75, 3.05) is 5.32 Å². The number of rotatable bonds is 7. The largest absolute Gasteiger partial charge is 0.444 e. The molecule has 1 heterocycles. The lowest BCUT2D eigenvalue weighted by Crippen LogP contribution is -2.13. The predicted molar refractivity (Wildman–Crippen MR) is 138 cm³/mol. The SMILES string of the molecule is Cn1ccc(-c2cc(CN)cc([C@@H]3C[C@H]3c3cc(Cl)cc(NC(=O)OCc4ccccc4)c3)c2)n1. The Hall–Kier alpha value is -3.61. The highest BCUT2D eigenvalue weighted by Crippen LogP contribution is 2.55. The zero-order valence-corrected chi connectivity index (χ0v) is 20.2. The summed E-state index contributed by atoms with van der Waals surface area (Å²) in [5, 5.41) is 7.93. The number of aromatic nitrogens is 2. The van der Waals surface area contributed by atoms with Gasteiger partial charge in [0.05, 0.1) is 5.69 Å². The highest BCUT2D eigenvalue weighted by atomic mass is 35.5. The molecule has 1 amide bonds. The minimum absolute atomic E-state index is 0.209. The van der Waals surface area contributed by atoms with Crippen LogP contribution in [0.4, 0.5) is 10.5 Å². The van der Waals surface area contributed by atoms with Crippen LogP contribution < -0.4 is 11.1 Å². The van der Waals surface area contributed by atoms with Crippen molar-refractivity contribution in [2.45, 2.75) is 31.4 Å². The number of aryl methyl sites for hydroxylation is 1. The van der Waals surface area contributed by atoms with Gasteiger partial charge >= 0.3 is 6.09 Å². The number of halogens is 1. The van der Waals surface area contributed by atoms with Crippen LogP contribution in [0.25, 0.3) is 11.3 Å². The van der Waals surface area contributed by atoms with Crippen LogP contribution in [0.15, 0.2) is 79.0 Å². The number of benzene rings is 3. The Labute approximate surface area is 209 Å². The van der Waals surface area contributed by atoms with Gasteiger partial charge in [0.15, 0.2) is 0 Å². The molecular formula is C28H27ClN4O2. The Morgan fingerprint density at radius 3 is 2.54 bits per heavy atom. The summed E-state index contributed by atoms with van der Waals surface area (Å²) < 4.78 is 7.15. The van der Waals surface area contributed by atoms with Gasteiger partial charge in [0.2, 0.25) is 0 Å². The van der Waals surface area contributed by atoms with Gasteiger partial charge in [-0.05, 0) is 76.9 Å². The summed E-state index contributed by atoms with van der Waals surface area (Å²) in [6.07, 6.45) is 2.44. The summed E-state index contributed by atoms with van der Waals surface area (Å²) in [5.41, 5.74) is 13.0. The maximum absolute atomic E-state index is 12.3. The first-order valence-corrected chi connectivity index (χ1v) is 12.0. The molecule has 0 radical (unpaired) electrons. The van der Waals surface area contributed by atoms with Crippen LogP contribution in [-0.4, -0.2) is 15.9 Å². The third kappa shape index (κ3) is 5.56. The van der Waals surface area contributed by atoms with Crippen LogP contribution in [0, 0.1) is 0 Å². The molecule has 0 aliphatic heterocycles. The summed E-state index contributed by atoms with van der Waals surface area (Å²) in [7, 11) is 1.91. The molecule has 7 heteroatoms. The van der Waals surface area contributed by atoms with Crippen molar-refractivity contribution in [3.05, 3.63) is 106 Å². The van der Waals surface area contributed by atoms with Crippen molar-refractivity contribution >= 4 is 23.4 Å². The molecule has 1 fully saturated rings. The van der Waals surface area contributed by atoms with Crippen molar-refractivity contribution < 1.29 is 9.53 Å². The van der Waals surface area contributed by atoms with E-state index in [1.165, 1.54) is 5.56 Å². The first kappa shape index (κ1) is 23.1. The molecule has 0 unspecified atom stereocenters. The van der Waals surface area contributed by atoms with Crippen molar-refractivity contribution in [1.29, 1.82) is 0 Å². The van der Waals surface area contributed by atoms with Gasteiger partial charge in [-0.2, -0.15) is 5.10 Å². The van der Waals surface area contributed by atoms with Crippen molar-refractivity contribution in [3.63, 3.8) is 0 Å². The Bertz CT molecular complexity index is 1350. The minimum Gasteiger partial charge on any atom is -0.444 e. The molecule has 1 aliphatic carbocycles. The van der Waals surface area contributed by atoms with Gasteiger partial charge < -0.3 is 10.5 Å². The molecule has 0 bridgehead atoms. The number of hydrogen-bond donors (Lipinski definition) is 2. The van der Waals surface area contributed by atoms with Gasteiger partial charge in [-0.25, -0.2) is 4.79 Å². The van der Waals surface area contributed by atoms with Gasteiger partial charge in [0.1, 0.15) is 6.61 Å². The van der Waals surface area contributed by atoms with E-state index < -0.39 is 6.09 Å². The number of nitrogens with zero attached hydrogens (tertiary/aromatic N) is 2. The van der Waals surface area contributed by atoms with Gasteiger partial charge in [0, 0.05) is 36.1 Å². The highest BCUT2D eigenvalue weighted by molar-refractivity contribution is 6.31. The number of carbonyl (C=O) groups excluding carboxylic acids is 1. The van der Waals surface area contributed by atoms with Crippen LogP contribution in [0.2, 0.25) is 5.02 Å². The summed E-state index contributed by atoms with van der Waals surface area (Å²) in [4.78, 5) is 12.3. The molecule has 1 saturated carbocycles. The molecule has 1 aromatic heterocycles. The van der Waals surface area contributed by atoms with E-state index in [9.17, 15) is 4.79 Å². The number of carbonyl (C=O) groups is 1. The molecule has 2 atom stereocenters. The van der Waals surface area contributed by atoms with Gasteiger partial charge in [-0.1, -0.05) is 48.0 Å². The van der Waals surface area contributed by atoms with E-state index in [4.69, 9.17) is 22.1 Å². The summed E-state index contributed by atoms with van der Waals surface area (Å²) in [6, 6.07) is 23.8. The number of hydrogen-bond acceptors (Lipinski definition) is 4. The quantitative estimate of drug-likeness (QED) is 0.325. The summed E-state index contributed by atoms with van der Waals surface area (Å²) >= 11 is 6.41. The van der Waals surface area contributed by atoms with Crippen LogP contribution >= 0.6 is 11.6 Å². The van der Waals surface area contributed by atoms with Gasteiger partial charge in [-0.15, -0.1) is 0 Å². The molecule has 178 valence electrons. The molecule has 0 saturated heterocycles. The number of ether oxygens (including phenoxy) is 1. The smallest absolute Gasteiger partial charge is 0.411 e. The molecule has 4 aromatic rings. The number of nitrogens with one attached hydrogen (secondary N) is 1. The van der Waals surface area contributed by atoms with Gasteiger partial charge in [0.25, 0.3) is 0 Å². The third-order valence-electron chi connectivity index (χ3n) is 6.29. The number of nitrogens with two attached hydrogens (primary N) is 1. The van der Waals surface area contributed by atoms with E-state index in [1.807, 2.05) is 61.8 Å². The Kier molecular flexibility index (Phi) is 6.57. The van der Waals surface area contributed by atoms with E-state index >= 15 is 0 Å². The standard InChI is InChI=1S/C28H27ClN4O2/c1-33-8-7-27(32-33)22-10-19(16-30)9-20(11-22)25-15-26(25)21-12-23(29)14-24(13-21)31-28(34)35-17-18-5-3-2-4-6-18/h2-14,25-26H,15-17,30H2,1H3,(H,31,34)/t25-,26-/m0/s1.